The fraction of sp³-hybridized carbons (Fsp3) is 0.0476. The molecule has 9 heteroatoms. The highest BCUT2D eigenvalue weighted by Crippen LogP contribution is 2.29. The molecule has 5 rings (SSSR count). The molecule has 0 aliphatic carbocycles. The Labute approximate surface area is 183 Å². The van der Waals surface area contributed by atoms with Crippen LogP contribution in [0.3, 0.4) is 0 Å². The Morgan fingerprint density at radius 2 is 1.87 bits per heavy atom. The van der Waals surface area contributed by atoms with E-state index in [1.54, 1.807) is 22.4 Å². The van der Waals surface area contributed by atoms with Gasteiger partial charge in [-0.3, -0.25) is 9.20 Å². The summed E-state index contributed by atoms with van der Waals surface area (Å²) in [6, 6.07) is 15.1. The van der Waals surface area contributed by atoms with E-state index in [1.807, 2.05) is 60.1 Å². The molecule has 148 valence electrons. The maximum atomic E-state index is 13.4. The number of ether oxygens (including phenoxy) is 1. The number of ketones is 1. The molecule has 3 heterocycles. The highest BCUT2D eigenvalue weighted by Gasteiger charge is 2.25. The first kappa shape index (κ1) is 18.7. The molecule has 0 aliphatic rings. The van der Waals surface area contributed by atoms with E-state index in [2.05, 4.69) is 31.2 Å². The van der Waals surface area contributed by atoms with Crippen LogP contribution in [0.15, 0.2) is 70.8 Å². The van der Waals surface area contributed by atoms with Crippen molar-refractivity contribution in [2.24, 2.45) is 0 Å². The zero-order valence-corrected chi connectivity index (χ0v) is 18.1. The smallest absolute Gasteiger partial charge is 0.233 e. The van der Waals surface area contributed by atoms with Crippen LogP contribution in [0.4, 0.5) is 0 Å². The Balaban J connectivity index is 1.58. The SMILES string of the molecule is COc1ccc(-c2nc3sccn3c2C(=O)c2cn(-c3ccc(Br)cc3)nn2)cc1. The monoisotopic (exact) mass is 479 g/mol. The predicted octanol–water partition coefficient (Wildman–Crippen LogP) is 4.65. The summed E-state index contributed by atoms with van der Waals surface area (Å²) in [6.45, 7) is 0. The molecule has 5 aromatic rings. The molecule has 30 heavy (non-hydrogen) atoms. The maximum Gasteiger partial charge on any atom is 0.233 e. The zero-order chi connectivity index (χ0) is 20.7. The minimum Gasteiger partial charge on any atom is -0.497 e. The molecule has 0 saturated carbocycles. The van der Waals surface area contributed by atoms with Crippen LogP contribution in [-0.2, 0) is 0 Å². The summed E-state index contributed by atoms with van der Waals surface area (Å²) in [5.41, 5.74) is 2.96. The van der Waals surface area contributed by atoms with Crippen LogP contribution in [0.1, 0.15) is 16.2 Å². The van der Waals surface area contributed by atoms with Crippen molar-refractivity contribution in [3.05, 3.63) is 82.2 Å². The molecule has 0 bridgehead atoms. The zero-order valence-electron chi connectivity index (χ0n) is 15.7. The highest BCUT2D eigenvalue weighted by molar-refractivity contribution is 9.10. The van der Waals surface area contributed by atoms with Crippen molar-refractivity contribution >= 4 is 38.0 Å². The number of hydrogen-bond acceptors (Lipinski definition) is 6. The molecule has 3 aromatic heterocycles. The van der Waals surface area contributed by atoms with E-state index in [1.165, 1.54) is 11.3 Å². The van der Waals surface area contributed by atoms with Gasteiger partial charge in [0, 0.05) is 21.6 Å². The molecule has 0 atom stereocenters. The molecule has 7 nitrogen and oxygen atoms in total. The number of fused-ring (bicyclic) bond motifs is 1. The lowest BCUT2D eigenvalue weighted by atomic mass is 10.1. The van der Waals surface area contributed by atoms with Gasteiger partial charge in [0.15, 0.2) is 10.7 Å². The second-order valence-electron chi connectivity index (χ2n) is 6.45. The van der Waals surface area contributed by atoms with Gasteiger partial charge < -0.3 is 4.74 Å². The number of aromatic nitrogens is 5. The average Bonchev–Trinajstić information content (AvgIpc) is 3.50. The molecule has 0 radical (unpaired) electrons. The average molecular weight is 480 g/mol. The Kier molecular flexibility index (Phi) is 4.68. The van der Waals surface area contributed by atoms with Gasteiger partial charge in [0.1, 0.15) is 17.1 Å². The van der Waals surface area contributed by atoms with Crippen LogP contribution in [0, 0.1) is 0 Å². The summed E-state index contributed by atoms with van der Waals surface area (Å²) in [5.74, 6) is 0.500. The number of carbonyl (C=O) groups excluding carboxylic acids is 1. The van der Waals surface area contributed by atoms with Crippen molar-refractivity contribution in [2.45, 2.75) is 0 Å². The van der Waals surface area contributed by atoms with Gasteiger partial charge in [0.05, 0.1) is 19.0 Å². The van der Waals surface area contributed by atoms with Crippen molar-refractivity contribution in [3.8, 4) is 22.7 Å². The lowest BCUT2D eigenvalue weighted by Crippen LogP contribution is -2.07. The second kappa shape index (κ2) is 7.51. The number of methoxy groups -OCH3 is 1. The summed E-state index contributed by atoms with van der Waals surface area (Å²) >= 11 is 4.88. The molecule has 0 N–H and O–H groups in total. The Morgan fingerprint density at radius 3 is 2.60 bits per heavy atom. The minimum atomic E-state index is -0.241. The molecule has 0 fully saturated rings. The van der Waals surface area contributed by atoms with Gasteiger partial charge in [-0.05, 0) is 48.5 Å². The molecule has 0 saturated heterocycles. The third-order valence-electron chi connectivity index (χ3n) is 4.66. The van der Waals surface area contributed by atoms with Crippen LogP contribution in [0.25, 0.3) is 21.9 Å². The normalized spacial score (nSPS) is 11.1. The fourth-order valence-electron chi connectivity index (χ4n) is 3.16. The number of carbonyl (C=O) groups is 1. The van der Waals surface area contributed by atoms with Crippen molar-refractivity contribution in [1.29, 1.82) is 0 Å². The van der Waals surface area contributed by atoms with E-state index in [9.17, 15) is 4.79 Å². The molecule has 0 aliphatic heterocycles. The van der Waals surface area contributed by atoms with Gasteiger partial charge in [0.2, 0.25) is 5.78 Å². The number of rotatable bonds is 5. The third kappa shape index (κ3) is 3.21. The number of imidazole rings is 1. The van der Waals surface area contributed by atoms with E-state index >= 15 is 0 Å². The van der Waals surface area contributed by atoms with Gasteiger partial charge in [-0.2, -0.15) is 0 Å². The van der Waals surface area contributed by atoms with Crippen LogP contribution < -0.4 is 4.74 Å². The van der Waals surface area contributed by atoms with Crippen LogP contribution >= 0.6 is 27.3 Å². The Morgan fingerprint density at radius 1 is 1.10 bits per heavy atom. The largest absolute Gasteiger partial charge is 0.497 e. The second-order valence-corrected chi connectivity index (χ2v) is 8.24. The first-order chi connectivity index (χ1) is 14.6. The number of benzene rings is 2. The molecule has 0 unspecified atom stereocenters. The Bertz CT molecular complexity index is 1350. The van der Waals surface area contributed by atoms with E-state index in [-0.39, 0.29) is 11.5 Å². The van der Waals surface area contributed by atoms with Crippen LogP contribution in [0.2, 0.25) is 0 Å². The quantitative estimate of drug-likeness (QED) is 0.343. The van der Waals surface area contributed by atoms with Crippen molar-refractivity contribution < 1.29 is 9.53 Å². The van der Waals surface area contributed by atoms with Gasteiger partial charge in [-0.1, -0.05) is 21.1 Å². The van der Waals surface area contributed by atoms with E-state index in [0.717, 1.165) is 26.4 Å². The first-order valence-electron chi connectivity index (χ1n) is 8.97. The first-order valence-corrected chi connectivity index (χ1v) is 10.6. The predicted molar refractivity (Wildman–Crippen MR) is 118 cm³/mol. The standard InChI is InChI=1S/C21H14BrN5O2S/c1-29-16-8-2-13(3-9-16)18-19(26-10-11-30-21(26)23-18)20(28)17-12-27(25-24-17)15-6-4-14(22)5-7-15/h2-12H,1H3. The molecule has 0 spiro atoms. The van der Waals surface area contributed by atoms with Crippen molar-refractivity contribution in [2.75, 3.05) is 7.11 Å². The van der Waals surface area contributed by atoms with Gasteiger partial charge in [-0.15, -0.1) is 16.4 Å². The van der Waals surface area contributed by atoms with E-state index < -0.39 is 0 Å². The fourth-order valence-corrected chi connectivity index (χ4v) is 4.14. The Hall–Kier alpha value is -3.30. The summed E-state index contributed by atoms with van der Waals surface area (Å²) in [7, 11) is 1.62. The maximum absolute atomic E-state index is 13.4. The number of nitrogens with zero attached hydrogens (tertiary/aromatic N) is 5. The summed E-state index contributed by atoms with van der Waals surface area (Å²) in [6.07, 6.45) is 3.47. The number of thiazole rings is 1. The van der Waals surface area contributed by atoms with Crippen LogP contribution in [0.5, 0.6) is 5.75 Å². The van der Waals surface area contributed by atoms with E-state index in [0.29, 0.717) is 11.4 Å². The van der Waals surface area contributed by atoms with Crippen LogP contribution in [-0.4, -0.2) is 37.3 Å². The number of halogens is 1. The number of hydrogen-bond donors (Lipinski definition) is 0. The molecule has 0 amide bonds. The topological polar surface area (TPSA) is 74.3 Å². The van der Waals surface area contributed by atoms with E-state index in [4.69, 9.17) is 4.74 Å². The summed E-state index contributed by atoms with van der Waals surface area (Å²) < 4.78 is 9.58. The summed E-state index contributed by atoms with van der Waals surface area (Å²) in [5, 5.41) is 10.1. The van der Waals surface area contributed by atoms with Gasteiger partial charge in [0.25, 0.3) is 0 Å². The lowest BCUT2D eigenvalue weighted by Gasteiger charge is -2.04. The molecule has 2 aromatic carbocycles. The molecular formula is C21H14BrN5O2S. The summed E-state index contributed by atoms with van der Waals surface area (Å²) in [4.78, 5) is 18.9. The van der Waals surface area contributed by atoms with Gasteiger partial charge >= 0.3 is 0 Å². The van der Waals surface area contributed by atoms with Crippen molar-refractivity contribution in [1.82, 2.24) is 24.4 Å². The highest BCUT2D eigenvalue weighted by atomic mass is 79.9. The molecular weight excluding hydrogens is 466 g/mol. The van der Waals surface area contributed by atoms with Gasteiger partial charge in [-0.25, -0.2) is 9.67 Å². The third-order valence-corrected chi connectivity index (χ3v) is 5.94. The minimum absolute atomic E-state index is 0.241. The van der Waals surface area contributed by atoms with Crippen molar-refractivity contribution in [3.63, 3.8) is 0 Å². The lowest BCUT2D eigenvalue weighted by molar-refractivity contribution is 0.102.